The monoisotopic (exact) mass is 335 g/mol. The van der Waals surface area contributed by atoms with Crippen molar-refractivity contribution in [3.63, 3.8) is 0 Å². The van der Waals surface area contributed by atoms with E-state index in [1.807, 2.05) is 0 Å². The van der Waals surface area contributed by atoms with E-state index in [-0.39, 0.29) is 5.56 Å². The fourth-order valence-corrected chi connectivity index (χ4v) is 4.91. The maximum Gasteiger partial charge on any atom is 0.263 e. The Balaban J connectivity index is 2.08. The second kappa shape index (κ2) is 6.82. The fraction of sp³-hybridized carbons (Fsp3) is 0.533. The predicted molar refractivity (Wildman–Crippen MR) is 88.7 cm³/mol. The van der Waals surface area contributed by atoms with Gasteiger partial charge >= 0.3 is 0 Å². The summed E-state index contributed by atoms with van der Waals surface area (Å²) in [6, 6.07) is 2.13. The second-order valence-corrected chi connectivity index (χ2v) is 7.28. The van der Waals surface area contributed by atoms with E-state index in [0.717, 1.165) is 29.5 Å². The molecular formula is C15H17N3O2S2. The Labute approximate surface area is 136 Å². The molecule has 0 saturated heterocycles. The molecule has 0 N–H and O–H groups in total. The van der Waals surface area contributed by atoms with Crippen LogP contribution >= 0.6 is 23.1 Å². The SMILES string of the molecule is COCCn1c(SCCC#N)nc2sc3c(c2c1=O)CCC3. The Bertz CT molecular complexity index is 789. The molecule has 0 amide bonds. The van der Waals surface area contributed by atoms with E-state index in [2.05, 4.69) is 6.07 Å². The van der Waals surface area contributed by atoms with Crippen molar-refractivity contribution in [3.05, 3.63) is 20.8 Å². The molecule has 0 atom stereocenters. The molecule has 0 aromatic carbocycles. The molecule has 2 heterocycles. The van der Waals surface area contributed by atoms with Crippen molar-refractivity contribution in [2.24, 2.45) is 0 Å². The van der Waals surface area contributed by atoms with Gasteiger partial charge in [-0.15, -0.1) is 11.3 Å². The minimum Gasteiger partial charge on any atom is -0.383 e. The molecule has 2 aromatic rings. The molecule has 116 valence electrons. The zero-order valence-electron chi connectivity index (χ0n) is 12.4. The first kappa shape index (κ1) is 15.5. The summed E-state index contributed by atoms with van der Waals surface area (Å²) in [7, 11) is 1.63. The maximum absolute atomic E-state index is 12.9. The minimum atomic E-state index is 0.0425. The van der Waals surface area contributed by atoms with E-state index in [1.165, 1.54) is 22.2 Å². The van der Waals surface area contributed by atoms with Gasteiger partial charge in [0.2, 0.25) is 0 Å². The van der Waals surface area contributed by atoms with Gasteiger partial charge in [-0.2, -0.15) is 5.26 Å². The molecule has 3 rings (SSSR count). The number of aryl methyl sites for hydroxylation is 2. The lowest BCUT2D eigenvalue weighted by Crippen LogP contribution is -2.25. The Kier molecular flexibility index (Phi) is 4.81. The molecule has 5 nitrogen and oxygen atoms in total. The number of methoxy groups -OCH3 is 1. The number of nitriles is 1. The topological polar surface area (TPSA) is 67.9 Å². The summed E-state index contributed by atoms with van der Waals surface area (Å²) in [5.41, 5.74) is 1.25. The quantitative estimate of drug-likeness (QED) is 0.461. The van der Waals surface area contributed by atoms with Gasteiger partial charge in [0.15, 0.2) is 5.16 Å². The Morgan fingerprint density at radius 3 is 3.14 bits per heavy atom. The fourth-order valence-electron chi connectivity index (χ4n) is 2.74. The summed E-state index contributed by atoms with van der Waals surface area (Å²) in [6.45, 7) is 0.975. The van der Waals surface area contributed by atoms with Crippen LogP contribution in [0.5, 0.6) is 0 Å². The maximum atomic E-state index is 12.9. The lowest BCUT2D eigenvalue weighted by atomic mass is 10.2. The van der Waals surface area contributed by atoms with Crippen LogP contribution in [0.3, 0.4) is 0 Å². The van der Waals surface area contributed by atoms with Gasteiger partial charge in [0, 0.05) is 24.2 Å². The summed E-state index contributed by atoms with van der Waals surface area (Å²) >= 11 is 3.12. The number of fused-ring (bicyclic) bond motifs is 3. The largest absolute Gasteiger partial charge is 0.383 e. The van der Waals surface area contributed by atoms with E-state index in [4.69, 9.17) is 15.0 Å². The number of aromatic nitrogens is 2. The molecule has 22 heavy (non-hydrogen) atoms. The average molecular weight is 335 g/mol. The van der Waals surface area contributed by atoms with Crippen LogP contribution < -0.4 is 5.56 Å². The highest BCUT2D eigenvalue weighted by Crippen LogP contribution is 2.35. The van der Waals surface area contributed by atoms with Crippen molar-refractivity contribution in [2.75, 3.05) is 19.5 Å². The summed E-state index contributed by atoms with van der Waals surface area (Å²) in [4.78, 5) is 19.8. The number of thioether (sulfide) groups is 1. The number of hydrogen-bond donors (Lipinski definition) is 0. The summed E-state index contributed by atoms with van der Waals surface area (Å²) in [5.74, 6) is 0.645. The molecule has 1 aliphatic carbocycles. The van der Waals surface area contributed by atoms with E-state index in [1.54, 1.807) is 23.0 Å². The molecule has 0 radical (unpaired) electrons. The van der Waals surface area contributed by atoms with Crippen LogP contribution in [0.2, 0.25) is 0 Å². The van der Waals surface area contributed by atoms with Crippen molar-refractivity contribution in [1.82, 2.24) is 9.55 Å². The van der Waals surface area contributed by atoms with Crippen LogP contribution in [0.25, 0.3) is 10.2 Å². The van der Waals surface area contributed by atoms with Gasteiger partial charge < -0.3 is 4.74 Å². The Morgan fingerprint density at radius 2 is 2.36 bits per heavy atom. The molecule has 7 heteroatoms. The van der Waals surface area contributed by atoms with Gasteiger partial charge in [-0.3, -0.25) is 9.36 Å². The van der Waals surface area contributed by atoms with Crippen LogP contribution in [-0.4, -0.2) is 29.0 Å². The van der Waals surface area contributed by atoms with Crippen LogP contribution in [0.4, 0.5) is 0 Å². The Morgan fingerprint density at radius 1 is 1.50 bits per heavy atom. The summed E-state index contributed by atoms with van der Waals surface area (Å²) < 4.78 is 6.83. The van der Waals surface area contributed by atoms with Crippen molar-refractivity contribution >= 4 is 33.3 Å². The molecule has 0 fully saturated rings. The third-order valence-electron chi connectivity index (χ3n) is 3.75. The number of thiophene rings is 1. The van der Waals surface area contributed by atoms with Crippen LogP contribution in [0.15, 0.2) is 9.95 Å². The molecule has 0 bridgehead atoms. The zero-order valence-corrected chi connectivity index (χ0v) is 14.1. The molecule has 0 aliphatic heterocycles. The van der Waals surface area contributed by atoms with Crippen molar-refractivity contribution < 1.29 is 4.74 Å². The van der Waals surface area contributed by atoms with E-state index >= 15 is 0 Å². The summed E-state index contributed by atoms with van der Waals surface area (Å²) in [5, 5.41) is 10.2. The first-order valence-electron chi connectivity index (χ1n) is 7.30. The molecule has 0 spiro atoms. The normalized spacial score (nSPS) is 13.5. The minimum absolute atomic E-state index is 0.0425. The van der Waals surface area contributed by atoms with Gasteiger partial charge in [0.25, 0.3) is 5.56 Å². The highest BCUT2D eigenvalue weighted by atomic mass is 32.2. The Hall–Kier alpha value is -1.36. The van der Waals surface area contributed by atoms with E-state index in [9.17, 15) is 4.79 Å². The van der Waals surface area contributed by atoms with Crippen LogP contribution in [0, 0.1) is 11.3 Å². The number of nitrogens with zero attached hydrogens (tertiary/aromatic N) is 3. The van der Waals surface area contributed by atoms with E-state index < -0.39 is 0 Å². The second-order valence-electron chi connectivity index (χ2n) is 5.14. The summed E-state index contributed by atoms with van der Waals surface area (Å²) in [6.07, 6.45) is 3.62. The molecule has 0 unspecified atom stereocenters. The van der Waals surface area contributed by atoms with Gasteiger partial charge in [-0.05, 0) is 24.8 Å². The molecule has 2 aromatic heterocycles. The zero-order chi connectivity index (χ0) is 15.5. The highest BCUT2D eigenvalue weighted by Gasteiger charge is 2.23. The van der Waals surface area contributed by atoms with Crippen molar-refractivity contribution in [2.45, 2.75) is 37.4 Å². The number of rotatable bonds is 6. The van der Waals surface area contributed by atoms with Gasteiger partial charge in [-0.1, -0.05) is 11.8 Å². The standard InChI is InChI=1S/C15H17N3O2S2/c1-20-8-7-18-14(19)12-10-4-2-5-11(10)22-13(12)17-15(18)21-9-3-6-16/h2-5,7-9H2,1H3. The average Bonchev–Trinajstić information content (AvgIpc) is 3.07. The van der Waals surface area contributed by atoms with Gasteiger partial charge in [-0.25, -0.2) is 4.98 Å². The van der Waals surface area contributed by atoms with Crippen LogP contribution in [-0.2, 0) is 24.1 Å². The van der Waals surface area contributed by atoms with Crippen LogP contribution in [0.1, 0.15) is 23.3 Å². The lowest BCUT2D eigenvalue weighted by molar-refractivity contribution is 0.183. The third kappa shape index (κ3) is 2.78. The third-order valence-corrected chi connectivity index (χ3v) is 5.92. The molecular weight excluding hydrogens is 318 g/mol. The molecule has 1 aliphatic rings. The smallest absolute Gasteiger partial charge is 0.263 e. The van der Waals surface area contributed by atoms with E-state index in [0.29, 0.717) is 30.5 Å². The number of hydrogen-bond acceptors (Lipinski definition) is 6. The van der Waals surface area contributed by atoms with Crippen molar-refractivity contribution in [1.29, 1.82) is 5.26 Å². The first-order chi connectivity index (χ1) is 10.8. The lowest BCUT2D eigenvalue weighted by Gasteiger charge is -2.11. The predicted octanol–water partition coefficient (Wildman–Crippen LogP) is 2.60. The number of ether oxygens (including phenoxy) is 1. The van der Waals surface area contributed by atoms with Gasteiger partial charge in [0.05, 0.1) is 24.6 Å². The molecule has 0 saturated carbocycles. The van der Waals surface area contributed by atoms with Crippen molar-refractivity contribution in [3.8, 4) is 6.07 Å². The highest BCUT2D eigenvalue weighted by molar-refractivity contribution is 7.99. The van der Waals surface area contributed by atoms with Gasteiger partial charge in [0.1, 0.15) is 4.83 Å². The first-order valence-corrected chi connectivity index (χ1v) is 9.10.